The Hall–Kier alpha value is -2.24. The summed E-state index contributed by atoms with van der Waals surface area (Å²) >= 11 is 11.9. The summed E-state index contributed by atoms with van der Waals surface area (Å²) in [5.74, 6) is -1.35. The van der Waals surface area contributed by atoms with Crippen molar-refractivity contribution in [1.29, 1.82) is 0 Å². The molecule has 3 aromatic rings. The fourth-order valence-corrected chi connectivity index (χ4v) is 4.09. The number of fused-ring (bicyclic) bond motifs is 2. The smallest absolute Gasteiger partial charge is 0.296 e. The minimum absolute atomic E-state index is 0.0307. The molecule has 2 saturated heterocycles. The van der Waals surface area contributed by atoms with Crippen molar-refractivity contribution in [2.75, 3.05) is 18.5 Å². The molecule has 0 aliphatic carbocycles. The number of rotatable bonds is 5. The average molecular weight is 473 g/mol. The molecule has 2 fully saturated rings. The van der Waals surface area contributed by atoms with Crippen LogP contribution in [0.1, 0.15) is 5.56 Å². The Kier molecular flexibility index (Phi) is 5.35. The van der Waals surface area contributed by atoms with Gasteiger partial charge in [0.25, 0.3) is 6.01 Å². The summed E-state index contributed by atoms with van der Waals surface area (Å²) in [5.41, 5.74) is 0.613. The van der Waals surface area contributed by atoms with E-state index in [4.69, 9.17) is 37.4 Å². The minimum atomic E-state index is -0.776. The molecule has 2 aliphatic heterocycles. The first-order chi connectivity index (χ1) is 14.9. The molecule has 5 rings (SSSR count). The Balaban J connectivity index is 1.33. The van der Waals surface area contributed by atoms with Crippen molar-refractivity contribution in [3.8, 4) is 6.01 Å². The second kappa shape index (κ2) is 8.03. The monoisotopic (exact) mass is 472 g/mol. The third-order valence-electron chi connectivity index (χ3n) is 5.19. The Labute approximate surface area is 184 Å². The van der Waals surface area contributed by atoms with Gasteiger partial charge in [0.05, 0.1) is 23.8 Å². The van der Waals surface area contributed by atoms with Gasteiger partial charge in [-0.25, -0.2) is 13.8 Å². The topological polar surface area (TPSA) is 102 Å². The van der Waals surface area contributed by atoms with Crippen LogP contribution in [0.5, 0.6) is 6.01 Å². The van der Waals surface area contributed by atoms with Crippen molar-refractivity contribution in [2.24, 2.45) is 0 Å². The summed E-state index contributed by atoms with van der Waals surface area (Å²) in [4.78, 5) is 11.6. The number of halogens is 4. The summed E-state index contributed by atoms with van der Waals surface area (Å²) in [6.45, 7) is 0.252. The second-order valence-electron chi connectivity index (χ2n) is 7.25. The number of anilines is 1. The van der Waals surface area contributed by atoms with Gasteiger partial charge in [0.2, 0.25) is 0 Å². The lowest BCUT2D eigenvalue weighted by Crippen LogP contribution is -2.34. The van der Waals surface area contributed by atoms with Crippen LogP contribution >= 0.6 is 23.2 Å². The summed E-state index contributed by atoms with van der Waals surface area (Å²) in [5, 5.41) is 12.8. The number of aromatic amines is 1. The van der Waals surface area contributed by atoms with Gasteiger partial charge in [-0.05, 0) is 18.2 Å². The first-order valence-electron chi connectivity index (χ1n) is 9.40. The predicted octanol–water partition coefficient (Wildman–Crippen LogP) is 3.06. The molecule has 12 heteroatoms. The second-order valence-corrected chi connectivity index (χ2v) is 8.10. The number of aliphatic hydroxyl groups excluding tert-OH is 1. The van der Waals surface area contributed by atoms with Crippen molar-refractivity contribution in [2.45, 2.75) is 31.0 Å². The fourth-order valence-electron chi connectivity index (χ4n) is 3.68. The molecule has 4 heterocycles. The molecular formula is C19H16Cl2F2N4O4. The molecule has 2 unspecified atom stereocenters. The highest BCUT2D eigenvalue weighted by atomic mass is 35.5. The van der Waals surface area contributed by atoms with Crippen molar-refractivity contribution in [3.63, 3.8) is 0 Å². The molecule has 164 valence electrons. The molecule has 31 heavy (non-hydrogen) atoms. The molecule has 1 aromatic carbocycles. The molecule has 0 radical (unpaired) electrons. The Morgan fingerprint density at radius 2 is 1.87 bits per heavy atom. The Morgan fingerprint density at radius 3 is 2.65 bits per heavy atom. The molecule has 3 N–H and O–H groups in total. The molecular weight excluding hydrogens is 457 g/mol. The van der Waals surface area contributed by atoms with E-state index >= 15 is 0 Å². The van der Waals surface area contributed by atoms with E-state index in [1.807, 2.05) is 0 Å². The highest BCUT2D eigenvalue weighted by molar-refractivity contribution is 6.33. The van der Waals surface area contributed by atoms with E-state index in [-0.39, 0.29) is 53.3 Å². The molecule has 8 nitrogen and oxygen atoms in total. The van der Waals surface area contributed by atoms with E-state index in [9.17, 15) is 13.9 Å². The molecule has 4 atom stereocenters. The fraction of sp³-hybridized carbons (Fsp3) is 0.368. The molecule has 2 aliphatic rings. The van der Waals surface area contributed by atoms with E-state index in [2.05, 4.69) is 20.3 Å². The van der Waals surface area contributed by atoms with Gasteiger partial charge in [-0.1, -0.05) is 23.2 Å². The largest absolute Gasteiger partial charge is 0.456 e. The Bertz CT molecular complexity index is 1120. The third kappa shape index (κ3) is 3.90. The van der Waals surface area contributed by atoms with Gasteiger partial charge in [-0.15, -0.1) is 0 Å². The van der Waals surface area contributed by atoms with Crippen molar-refractivity contribution in [1.82, 2.24) is 15.0 Å². The lowest BCUT2D eigenvalue weighted by atomic mass is 10.1. The molecule has 0 bridgehead atoms. The summed E-state index contributed by atoms with van der Waals surface area (Å²) in [6.07, 6.45) is -1.93. The summed E-state index contributed by atoms with van der Waals surface area (Å²) in [7, 11) is 0. The minimum Gasteiger partial charge on any atom is -0.456 e. The standard InChI is InChI=1S/C19H16Cl2F2N4O4/c20-7-1-10(22)8(11(23)2-7)4-24-17-9(21)3-12-18(26-17)27-19(25-12)31-14-6-30-15-13(28)5-29-16(14)15/h1-3,13-16,28H,4-6H2,(H2,24,25,26,27)/t13-,14-,15?,16?/m1/s1. The molecule has 0 amide bonds. The highest BCUT2D eigenvalue weighted by Gasteiger charge is 2.48. The average Bonchev–Trinajstić information content (AvgIpc) is 3.38. The van der Waals surface area contributed by atoms with E-state index in [1.54, 1.807) is 6.07 Å². The van der Waals surface area contributed by atoms with Gasteiger partial charge in [0, 0.05) is 17.1 Å². The van der Waals surface area contributed by atoms with E-state index in [0.717, 1.165) is 12.1 Å². The quantitative estimate of drug-likeness (QED) is 0.524. The van der Waals surface area contributed by atoms with Crippen LogP contribution in [0.2, 0.25) is 10.0 Å². The zero-order valence-corrected chi connectivity index (χ0v) is 17.3. The number of imidazole rings is 1. The van der Waals surface area contributed by atoms with Crippen LogP contribution in [0.4, 0.5) is 14.6 Å². The highest BCUT2D eigenvalue weighted by Crippen LogP contribution is 2.31. The lowest BCUT2D eigenvalue weighted by molar-refractivity contribution is 0.00706. The maximum atomic E-state index is 14.0. The van der Waals surface area contributed by atoms with Crippen LogP contribution in [0, 0.1) is 11.6 Å². The van der Waals surface area contributed by atoms with E-state index in [1.165, 1.54) is 0 Å². The number of hydrogen-bond donors (Lipinski definition) is 3. The van der Waals surface area contributed by atoms with Gasteiger partial charge in [0.1, 0.15) is 35.8 Å². The van der Waals surface area contributed by atoms with Gasteiger partial charge in [0.15, 0.2) is 11.8 Å². The maximum absolute atomic E-state index is 14.0. The van der Waals surface area contributed by atoms with Crippen LogP contribution in [0.3, 0.4) is 0 Å². The molecule has 2 aromatic heterocycles. The van der Waals surface area contributed by atoms with E-state index < -0.39 is 29.9 Å². The van der Waals surface area contributed by atoms with Gasteiger partial charge >= 0.3 is 0 Å². The van der Waals surface area contributed by atoms with Crippen LogP contribution < -0.4 is 10.1 Å². The number of aliphatic hydroxyl groups is 1. The number of ether oxygens (including phenoxy) is 3. The van der Waals surface area contributed by atoms with Gasteiger partial charge in [-0.2, -0.15) is 4.98 Å². The third-order valence-corrected chi connectivity index (χ3v) is 5.69. The Morgan fingerprint density at radius 1 is 1.13 bits per heavy atom. The SMILES string of the molecule is O[C@@H]1COC2C1OC[C@H]2Oc1nc2nc(NCc3c(F)cc(Cl)cc3F)c(Cl)cc2[nH]1. The number of nitrogens with zero attached hydrogens (tertiary/aromatic N) is 2. The van der Waals surface area contributed by atoms with Crippen molar-refractivity contribution >= 4 is 40.2 Å². The summed E-state index contributed by atoms with van der Waals surface area (Å²) < 4.78 is 44.9. The first-order valence-corrected chi connectivity index (χ1v) is 10.2. The van der Waals surface area contributed by atoms with Crippen molar-refractivity contribution < 1.29 is 28.1 Å². The van der Waals surface area contributed by atoms with Crippen LogP contribution in [-0.2, 0) is 16.0 Å². The normalized spacial score (nSPS) is 25.2. The van der Waals surface area contributed by atoms with Gasteiger partial charge < -0.3 is 29.6 Å². The van der Waals surface area contributed by atoms with Crippen molar-refractivity contribution in [3.05, 3.63) is 45.4 Å². The molecule has 0 spiro atoms. The number of benzene rings is 1. The lowest BCUT2D eigenvalue weighted by Gasteiger charge is -2.15. The molecule has 0 saturated carbocycles. The number of pyridine rings is 1. The first kappa shape index (κ1) is 20.7. The number of aromatic nitrogens is 3. The zero-order valence-electron chi connectivity index (χ0n) is 15.7. The van der Waals surface area contributed by atoms with E-state index in [0.29, 0.717) is 11.2 Å². The predicted molar refractivity (Wildman–Crippen MR) is 107 cm³/mol. The zero-order chi connectivity index (χ0) is 21.7. The number of nitrogens with one attached hydrogen (secondary N) is 2. The van der Waals surface area contributed by atoms with Crippen LogP contribution in [0.25, 0.3) is 11.2 Å². The summed E-state index contributed by atoms with van der Waals surface area (Å²) in [6, 6.07) is 3.82. The maximum Gasteiger partial charge on any atom is 0.296 e. The number of hydrogen-bond acceptors (Lipinski definition) is 7. The van der Waals surface area contributed by atoms with Crippen LogP contribution in [-0.4, -0.2) is 57.7 Å². The van der Waals surface area contributed by atoms with Gasteiger partial charge in [-0.3, -0.25) is 0 Å². The number of H-pyrrole nitrogens is 1. The van der Waals surface area contributed by atoms with Crippen LogP contribution in [0.15, 0.2) is 18.2 Å².